The second kappa shape index (κ2) is 9.87. The van der Waals surface area contributed by atoms with Gasteiger partial charge in [-0.3, -0.25) is 9.59 Å². The van der Waals surface area contributed by atoms with Gasteiger partial charge < -0.3 is 21.1 Å². The molecule has 0 aliphatic carbocycles. The fourth-order valence-corrected chi connectivity index (χ4v) is 4.22. The number of hydrogen-bond acceptors (Lipinski definition) is 6. The Morgan fingerprint density at radius 2 is 1.87 bits per heavy atom. The van der Waals surface area contributed by atoms with Gasteiger partial charge in [-0.25, -0.2) is 0 Å². The molecule has 1 atom stereocenters. The van der Waals surface area contributed by atoms with E-state index in [1.165, 1.54) is 7.11 Å². The number of thioether (sulfide) groups is 1. The van der Waals surface area contributed by atoms with Crippen LogP contribution < -0.4 is 21.1 Å². The van der Waals surface area contributed by atoms with Crippen LogP contribution in [0.2, 0.25) is 0 Å². The van der Waals surface area contributed by atoms with Crippen molar-refractivity contribution in [2.24, 2.45) is 5.73 Å². The van der Waals surface area contributed by atoms with Gasteiger partial charge in [-0.15, -0.1) is 0 Å². The van der Waals surface area contributed by atoms with Crippen LogP contribution in [0.5, 0.6) is 5.75 Å². The van der Waals surface area contributed by atoms with Gasteiger partial charge >= 0.3 is 0 Å². The average molecular weight is 435 g/mol. The minimum atomic E-state index is -0.600. The number of benzene rings is 2. The summed E-state index contributed by atoms with van der Waals surface area (Å²) in [6.07, 6.45) is 0. The number of nitrogens with one attached hydrogen (secondary N) is 2. The lowest BCUT2D eigenvalue weighted by Gasteiger charge is -2.30. The van der Waals surface area contributed by atoms with Crippen LogP contribution in [0.3, 0.4) is 0 Å². The summed E-state index contributed by atoms with van der Waals surface area (Å²) in [5, 5.41) is 16.5. The fourth-order valence-electron chi connectivity index (χ4n) is 3.39. The van der Waals surface area contributed by atoms with E-state index in [1.807, 2.05) is 36.4 Å². The van der Waals surface area contributed by atoms with Crippen LogP contribution in [0, 0.1) is 11.3 Å². The number of primary amides is 1. The van der Waals surface area contributed by atoms with E-state index in [9.17, 15) is 14.9 Å². The smallest absolute Gasteiger partial charge is 0.254 e. The van der Waals surface area contributed by atoms with Crippen molar-refractivity contribution in [2.45, 2.75) is 12.8 Å². The van der Waals surface area contributed by atoms with E-state index in [1.54, 1.807) is 25.1 Å². The maximum absolute atomic E-state index is 13.4. The van der Waals surface area contributed by atoms with Crippen LogP contribution >= 0.6 is 11.8 Å². The molecule has 0 aromatic heterocycles. The quantitative estimate of drug-likeness (QED) is 0.616. The van der Waals surface area contributed by atoms with Crippen molar-refractivity contribution in [1.82, 2.24) is 5.32 Å². The highest BCUT2D eigenvalue weighted by atomic mass is 32.2. The Morgan fingerprint density at radius 1 is 1.19 bits per heavy atom. The molecule has 1 aliphatic heterocycles. The molecule has 8 heteroatoms. The highest BCUT2D eigenvalue weighted by Gasteiger charge is 2.34. The molecule has 2 aromatic carbocycles. The number of carbonyl (C=O) groups excluding carboxylic acids is 2. The molecule has 0 saturated heterocycles. The first-order chi connectivity index (χ1) is 15.0. The Kier molecular flexibility index (Phi) is 7.00. The van der Waals surface area contributed by atoms with Crippen molar-refractivity contribution in [3.63, 3.8) is 0 Å². The number of ether oxygens (including phenoxy) is 1. The van der Waals surface area contributed by atoms with Gasteiger partial charge in [0.05, 0.1) is 41.1 Å². The van der Waals surface area contributed by atoms with Crippen LogP contribution in [-0.4, -0.2) is 24.7 Å². The van der Waals surface area contributed by atoms with Crippen molar-refractivity contribution in [3.05, 3.63) is 82.0 Å². The lowest BCUT2D eigenvalue weighted by atomic mass is 9.82. The van der Waals surface area contributed by atoms with Gasteiger partial charge in [0.2, 0.25) is 5.91 Å². The number of para-hydroxylation sites is 2. The van der Waals surface area contributed by atoms with Gasteiger partial charge in [0.1, 0.15) is 5.75 Å². The number of anilines is 1. The molecule has 1 unspecified atom stereocenters. The second-order valence-corrected chi connectivity index (χ2v) is 7.76. The summed E-state index contributed by atoms with van der Waals surface area (Å²) >= 11 is 1.15. The first-order valence-corrected chi connectivity index (χ1v) is 10.5. The SMILES string of the molecule is COc1ccccc1NC(=O)C1=C(C)NC(SCC(N)=O)=C(C#N)C1c1ccccc1. The molecule has 7 nitrogen and oxygen atoms in total. The molecule has 4 N–H and O–H groups in total. The third-order valence-electron chi connectivity index (χ3n) is 4.74. The van der Waals surface area contributed by atoms with E-state index in [0.29, 0.717) is 33.3 Å². The fraction of sp³-hybridized carbons (Fsp3) is 0.174. The highest BCUT2D eigenvalue weighted by Crippen LogP contribution is 2.41. The monoisotopic (exact) mass is 434 g/mol. The predicted molar refractivity (Wildman–Crippen MR) is 121 cm³/mol. The average Bonchev–Trinajstić information content (AvgIpc) is 2.77. The topological polar surface area (TPSA) is 117 Å². The van der Waals surface area contributed by atoms with Crippen molar-refractivity contribution in [3.8, 4) is 11.8 Å². The first-order valence-electron chi connectivity index (χ1n) is 9.48. The lowest BCUT2D eigenvalue weighted by molar-refractivity contribution is -0.115. The van der Waals surface area contributed by atoms with E-state index in [2.05, 4.69) is 16.7 Å². The number of allylic oxidation sites excluding steroid dienone is 2. The number of nitrogens with two attached hydrogens (primary N) is 1. The van der Waals surface area contributed by atoms with Gasteiger partial charge in [0.25, 0.3) is 5.91 Å². The number of carbonyl (C=O) groups is 2. The second-order valence-electron chi connectivity index (χ2n) is 6.77. The minimum absolute atomic E-state index is 0.0189. The maximum atomic E-state index is 13.4. The molecular formula is C23H22N4O3S. The summed E-state index contributed by atoms with van der Waals surface area (Å²) in [5.74, 6) is -0.893. The molecule has 158 valence electrons. The Morgan fingerprint density at radius 3 is 2.52 bits per heavy atom. The molecule has 31 heavy (non-hydrogen) atoms. The van der Waals surface area contributed by atoms with Crippen LogP contribution in [0.4, 0.5) is 5.69 Å². The molecular weight excluding hydrogens is 412 g/mol. The number of nitrogens with zero attached hydrogens (tertiary/aromatic N) is 1. The molecule has 2 amide bonds. The largest absolute Gasteiger partial charge is 0.495 e. The van der Waals surface area contributed by atoms with E-state index in [0.717, 1.165) is 17.3 Å². The van der Waals surface area contributed by atoms with Crippen molar-refractivity contribution in [2.75, 3.05) is 18.2 Å². The zero-order valence-corrected chi connectivity index (χ0v) is 18.0. The maximum Gasteiger partial charge on any atom is 0.254 e. The number of nitriles is 1. The summed E-state index contributed by atoms with van der Waals surface area (Å²) in [4.78, 5) is 24.7. The van der Waals surface area contributed by atoms with Gasteiger partial charge in [-0.05, 0) is 24.6 Å². The van der Waals surface area contributed by atoms with E-state index < -0.39 is 11.8 Å². The summed E-state index contributed by atoms with van der Waals surface area (Å²) < 4.78 is 5.33. The van der Waals surface area contributed by atoms with Crippen molar-refractivity contribution >= 4 is 29.3 Å². The minimum Gasteiger partial charge on any atom is -0.495 e. The Hall–Kier alpha value is -3.70. The zero-order valence-electron chi connectivity index (χ0n) is 17.1. The van der Waals surface area contributed by atoms with Crippen LogP contribution in [0.1, 0.15) is 18.4 Å². The molecule has 0 saturated carbocycles. The van der Waals surface area contributed by atoms with Crippen molar-refractivity contribution in [1.29, 1.82) is 5.26 Å². The van der Waals surface area contributed by atoms with Gasteiger partial charge in [-0.1, -0.05) is 54.2 Å². The molecule has 0 spiro atoms. The van der Waals surface area contributed by atoms with Gasteiger partial charge in [0, 0.05) is 11.3 Å². The first kappa shape index (κ1) is 22.0. The van der Waals surface area contributed by atoms with Gasteiger partial charge in [-0.2, -0.15) is 5.26 Å². The Labute approximate surface area is 185 Å². The Bertz CT molecular complexity index is 1100. The third-order valence-corrected chi connectivity index (χ3v) is 5.78. The molecule has 0 bridgehead atoms. The number of amides is 2. The Balaban J connectivity index is 2.05. The van der Waals surface area contributed by atoms with Crippen LogP contribution in [0.15, 0.2) is 76.5 Å². The van der Waals surface area contributed by atoms with Crippen LogP contribution in [-0.2, 0) is 9.59 Å². The number of hydrogen-bond donors (Lipinski definition) is 3. The molecule has 1 aliphatic rings. The number of dihydropyridines is 1. The molecule has 3 rings (SSSR count). The predicted octanol–water partition coefficient (Wildman–Crippen LogP) is 3.25. The summed E-state index contributed by atoms with van der Waals surface area (Å²) in [7, 11) is 1.53. The standard InChI is InChI=1S/C23H22N4O3S/c1-14-20(22(29)27-17-10-6-7-11-18(17)30-2)21(15-8-4-3-5-9-15)16(12-24)23(26-14)31-13-19(25)28/h3-11,21,26H,13H2,1-2H3,(H2,25,28)(H,27,29). The van der Waals surface area contributed by atoms with E-state index >= 15 is 0 Å². The number of methoxy groups -OCH3 is 1. The summed E-state index contributed by atoms with van der Waals surface area (Å²) in [6.45, 7) is 1.77. The molecule has 0 radical (unpaired) electrons. The zero-order chi connectivity index (χ0) is 22.4. The third kappa shape index (κ3) is 4.90. The normalized spacial score (nSPS) is 15.7. The summed E-state index contributed by atoms with van der Waals surface area (Å²) in [6, 6.07) is 18.6. The van der Waals surface area contributed by atoms with Crippen LogP contribution in [0.25, 0.3) is 0 Å². The van der Waals surface area contributed by atoms with E-state index in [4.69, 9.17) is 10.5 Å². The molecule has 0 fully saturated rings. The summed E-state index contributed by atoms with van der Waals surface area (Å²) in [5.41, 5.74) is 7.96. The molecule has 1 heterocycles. The number of rotatable bonds is 7. The van der Waals surface area contributed by atoms with Gasteiger partial charge in [0.15, 0.2) is 0 Å². The van der Waals surface area contributed by atoms with E-state index in [-0.39, 0.29) is 11.7 Å². The highest BCUT2D eigenvalue weighted by molar-refractivity contribution is 8.03. The van der Waals surface area contributed by atoms with Crippen molar-refractivity contribution < 1.29 is 14.3 Å². The molecule has 2 aromatic rings. The lowest BCUT2D eigenvalue weighted by Crippen LogP contribution is -2.31.